The van der Waals surface area contributed by atoms with Crippen LogP contribution in [-0.2, 0) is 0 Å². The van der Waals surface area contributed by atoms with E-state index in [4.69, 9.17) is 11.5 Å². The largest absolute Gasteiger partial charge is 0.327 e. The molecule has 0 aromatic carbocycles. The van der Waals surface area contributed by atoms with Crippen LogP contribution < -0.4 is 11.5 Å². The van der Waals surface area contributed by atoms with Gasteiger partial charge in [-0.3, -0.25) is 0 Å². The van der Waals surface area contributed by atoms with Crippen LogP contribution in [0, 0.1) is 5.41 Å². The van der Waals surface area contributed by atoms with E-state index in [0.29, 0.717) is 0 Å². The molecule has 0 saturated carbocycles. The molecule has 0 radical (unpaired) electrons. The van der Waals surface area contributed by atoms with Crippen LogP contribution >= 0.6 is 0 Å². The Morgan fingerprint density at radius 3 is 1.22 bits per heavy atom. The topological polar surface area (TPSA) is 52.0 Å². The first kappa shape index (κ1) is 8.92. The predicted octanol–water partition coefficient (Wildman–Crippen LogP) is 0.707. The molecule has 0 aliphatic carbocycles. The van der Waals surface area contributed by atoms with Crippen LogP contribution in [0.2, 0.25) is 0 Å². The van der Waals surface area contributed by atoms with Crippen LogP contribution in [0.5, 0.6) is 0 Å². The van der Waals surface area contributed by atoms with E-state index in [-0.39, 0.29) is 17.5 Å². The molecule has 9 heavy (non-hydrogen) atoms. The zero-order valence-corrected chi connectivity index (χ0v) is 6.81. The number of rotatable bonds is 2. The van der Waals surface area contributed by atoms with Crippen LogP contribution in [0.3, 0.4) is 0 Å². The van der Waals surface area contributed by atoms with Gasteiger partial charge >= 0.3 is 0 Å². The lowest BCUT2D eigenvalue weighted by molar-refractivity contribution is 0.250. The summed E-state index contributed by atoms with van der Waals surface area (Å²) in [6, 6.07) is 0.329. The van der Waals surface area contributed by atoms with Crippen molar-refractivity contribution in [3.63, 3.8) is 0 Å². The lowest BCUT2D eigenvalue weighted by Gasteiger charge is -2.32. The molecule has 0 spiro atoms. The summed E-state index contributed by atoms with van der Waals surface area (Å²) in [5.74, 6) is 0. The van der Waals surface area contributed by atoms with E-state index in [1.165, 1.54) is 0 Å². The van der Waals surface area contributed by atoms with Crippen molar-refractivity contribution in [1.29, 1.82) is 0 Å². The molecule has 0 aliphatic heterocycles. The van der Waals surface area contributed by atoms with Crippen LogP contribution in [0.4, 0.5) is 0 Å². The Kier molecular flexibility index (Phi) is 2.65. The van der Waals surface area contributed by atoms with Crippen molar-refractivity contribution in [1.82, 2.24) is 0 Å². The Bertz CT molecular complexity index is 74.9. The third-order valence-corrected chi connectivity index (χ3v) is 2.35. The third kappa shape index (κ3) is 1.95. The number of hydrogen-bond donors (Lipinski definition) is 2. The van der Waals surface area contributed by atoms with E-state index >= 15 is 0 Å². The Morgan fingerprint density at radius 1 is 1.00 bits per heavy atom. The molecule has 0 aromatic rings. The SMILES string of the molecule is CC(N)C(C)(C)C(C)N. The van der Waals surface area contributed by atoms with Gasteiger partial charge < -0.3 is 11.5 Å². The molecule has 2 unspecified atom stereocenters. The summed E-state index contributed by atoms with van der Waals surface area (Å²) in [5.41, 5.74) is 11.4. The van der Waals surface area contributed by atoms with E-state index in [1.54, 1.807) is 0 Å². The monoisotopic (exact) mass is 130 g/mol. The van der Waals surface area contributed by atoms with E-state index in [0.717, 1.165) is 0 Å². The van der Waals surface area contributed by atoms with Gasteiger partial charge in [0, 0.05) is 12.1 Å². The molecule has 0 heterocycles. The van der Waals surface area contributed by atoms with E-state index in [1.807, 2.05) is 13.8 Å². The van der Waals surface area contributed by atoms with Gasteiger partial charge in [-0.25, -0.2) is 0 Å². The van der Waals surface area contributed by atoms with Gasteiger partial charge in [-0.1, -0.05) is 13.8 Å². The van der Waals surface area contributed by atoms with Crippen molar-refractivity contribution in [2.75, 3.05) is 0 Å². The van der Waals surface area contributed by atoms with E-state index in [9.17, 15) is 0 Å². The molecule has 0 bridgehead atoms. The van der Waals surface area contributed by atoms with Gasteiger partial charge in [-0.2, -0.15) is 0 Å². The van der Waals surface area contributed by atoms with Crippen molar-refractivity contribution in [2.24, 2.45) is 16.9 Å². The van der Waals surface area contributed by atoms with Gasteiger partial charge in [0.05, 0.1) is 0 Å². The summed E-state index contributed by atoms with van der Waals surface area (Å²) in [6.45, 7) is 8.15. The van der Waals surface area contributed by atoms with E-state index in [2.05, 4.69) is 13.8 Å². The highest BCUT2D eigenvalue weighted by Gasteiger charge is 2.26. The molecule has 2 nitrogen and oxygen atoms in total. The second-order valence-corrected chi connectivity index (χ2v) is 3.40. The summed E-state index contributed by atoms with van der Waals surface area (Å²) in [7, 11) is 0. The van der Waals surface area contributed by atoms with Gasteiger partial charge in [-0.05, 0) is 19.3 Å². The summed E-state index contributed by atoms with van der Waals surface area (Å²) >= 11 is 0. The third-order valence-electron chi connectivity index (χ3n) is 2.35. The molecule has 0 rings (SSSR count). The number of hydrogen-bond acceptors (Lipinski definition) is 2. The Balaban J connectivity index is 4.01. The molecule has 0 saturated heterocycles. The lowest BCUT2D eigenvalue weighted by atomic mass is 9.80. The zero-order chi connectivity index (χ0) is 7.65. The minimum Gasteiger partial charge on any atom is -0.327 e. The van der Waals surface area contributed by atoms with Crippen LogP contribution in [0.1, 0.15) is 27.7 Å². The maximum absolute atomic E-state index is 5.69. The predicted molar refractivity (Wildman–Crippen MR) is 41.1 cm³/mol. The van der Waals surface area contributed by atoms with Crippen LogP contribution in [0.25, 0.3) is 0 Å². The molecule has 0 fully saturated rings. The minimum atomic E-state index is 0.0556. The van der Waals surface area contributed by atoms with Crippen LogP contribution in [-0.4, -0.2) is 12.1 Å². The second kappa shape index (κ2) is 2.67. The van der Waals surface area contributed by atoms with Crippen molar-refractivity contribution < 1.29 is 0 Å². The summed E-state index contributed by atoms with van der Waals surface area (Å²) in [4.78, 5) is 0. The molecule has 0 aromatic heterocycles. The molecule has 56 valence electrons. The average Bonchev–Trinajstić information content (AvgIpc) is 1.65. The molecule has 2 heteroatoms. The normalized spacial score (nSPS) is 19.3. The fraction of sp³-hybridized carbons (Fsp3) is 1.00. The molecule has 4 N–H and O–H groups in total. The van der Waals surface area contributed by atoms with Crippen molar-refractivity contribution in [3.05, 3.63) is 0 Å². The van der Waals surface area contributed by atoms with Crippen molar-refractivity contribution >= 4 is 0 Å². The Hall–Kier alpha value is -0.0800. The zero-order valence-electron chi connectivity index (χ0n) is 6.81. The van der Waals surface area contributed by atoms with Gasteiger partial charge in [0.2, 0.25) is 0 Å². The maximum Gasteiger partial charge on any atom is 0.00764 e. The maximum atomic E-state index is 5.69. The molecule has 2 atom stereocenters. The smallest absolute Gasteiger partial charge is 0.00764 e. The van der Waals surface area contributed by atoms with Crippen molar-refractivity contribution in [3.8, 4) is 0 Å². The van der Waals surface area contributed by atoms with Crippen LogP contribution in [0.15, 0.2) is 0 Å². The molecule has 0 aliphatic rings. The standard InChI is InChI=1S/C7H18N2/c1-5(8)7(3,4)6(2)9/h5-6H,8-9H2,1-4H3. The summed E-state index contributed by atoms with van der Waals surface area (Å²) < 4.78 is 0. The minimum absolute atomic E-state index is 0.0556. The van der Waals surface area contributed by atoms with Gasteiger partial charge in [0.15, 0.2) is 0 Å². The average molecular weight is 130 g/mol. The van der Waals surface area contributed by atoms with Gasteiger partial charge in [0.25, 0.3) is 0 Å². The first-order chi connectivity index (χ1) is 3.89. The highest BCUT2D eigenvalue weighted by atomic mass is 14.7. The molecular formula is C7H18N2. The lowest BCUT2D eigenvalue weighted by Crippen LogP contribution is -2.46. The highest BCUT2D eigenvalue weighted by molar-refractivity contribution is 4.84. The molecular weight excluding hydrogens is 112 g/mol. The van der Waals surface area contributed by atoms with Gasteiger partial charge in [-0.15, -0.1) is 0 Å². The number of nitrogens with two attached hydrogens (primary N) is 2. The first-order valence-electron chi connectivity index (χ1n) is 3.40. The van der Waals surface area contributed by atoms with Crippen molar-refractivity contribution in [2.45, 2.75) is 39.8 Å². The fourth-order valence-corrected chi connectivity index (χ4v) is 0.415. The second-order valence-electron chi connectivity index (χ2n) is 3.40. The highest BCUT2D eigenvalue weighted by Crippen LogP contribution is 2.21. The summed E-state index contributed by atoms with van der Waals surface area (Å²) in [5, 5.41) is 0. The Morgan fingerprint density at radius 2 is 1.22 bits per heavy atom. The first-order valence-corrected chi connectivity index (χ1v) is 3.40. The van der Waals surface area contributed by atoms with E-state index < -0.39 is 0 Å². The molecule has 0 amide bonds. The Labute approximate surface area is 57.6 Å². The quantitative estimate of drug-likeness (QED) is 0.578. The fourth-order valence-electron chi connectivity index (χ4n) is 0.415. The summed E-state index contributed by atoms with van der Waals surface area (Å²) in [6.07, 6.45) is 0. The van der Waals surface area contributed by atoms with Gasteiger partial charge in [0.1, 0.15) is 0 Å².